The lowest BCUT2D eigenvalue weighted by molar-refractivity contribution is -0.140. The molecule has 5 nitrogen and oxygen atoms in total. The van der Waals surface area contributed by atoms with Gasteiger partial charge in [-0.1, -0.05) is 11.6 Å². The molecule has 1 unspecified atom stereocenters. The zero-order valence-electron chi connectivity index (χ0n) is 8.16. The van der Waals surface area contributed by atoms with Crippen LogP contribution in [0.15, 0.2) is 11.6 Å². The number of ether oxygens (including phenoxy) is 1. The predicted octanol–water partition coefficient (Wildman–Crippen LogP) is -1.25. The lowest BCUT2D eigenvalue weighted by atomic mass is 10.0. The van der Waals surface area contributed by atoms with E-state index < -0.39 is 30.7 Å². The fourth-order valence-corrected chi connectivity index (χ4v) is 1.40. The Labute approximate surface area is 82.3 Å². The SMILES string of the molecule is CC(C)=CC(O)[C@H]1O[C@H](O)[C@H](O)[C@H]1O. The van der Waals surface area contributed by atoms with Crippen LogP contribution < -0.4 is 0 Å². The molecule has 0 radical (unpaired) electrons. The summed E-state index contributed by atoms with van der Waals surface area (Å²) < 4.78 is 4.81. The van der Waals surface area contributed by atoms with E-state index in [9.17, 15) is 10.2 Å². The van der Waals surface area contributed by atoms with Gasteiger partial charge in [-0.25, -0.2) is 0 Å². The quantitative estimate of drug-likeness (QED) is 0.422. The highest BCUT2D eigenvalue weighted by Crippen LogP contribution is 2.23. The summed E-state index contributed by atoms with van der Waals surface area (Å²) in [5, 5.41) is 37.1. The highest BCUT2D eigenvalue weighted by Gasteiger charge is 2.44. The molecule has 5 heteroatoms. The minimum Gasteiger partial charge on any atom is -0.387 e. The topological polar surface area (TPSA) is 90.2 Å². The summed E-state index contributed by atoms with van der Waals surface area (Å²) in [7, 11) is 0. The second-order valence-electron chi connectivity index (χ2n) is 3.71. The van der Waals surface area contributed by atoms with Gasteiger partial charge >= 0.3 is 0 Å². The zero-order chi connectivity index (χ0) is 10.9. The van der Waals surface area contributed by atoms with Crippen LogP contribution in [0.4, 0.5) is 0 Å². The van der Waals surface area contributed by atoms with Crippen molar-refractivity contribution >= 4 is 0 Å². The Morgan fingerprint density at radius 2 is 1.79 bits per heavy atom. The largest absolute Gasteiger partial charge is 0.387 e. The van der Waals surface area contributed by atoms with E-state index in [-0.39, 0.29) is 0 Å². The molecule has 0 aromatic rings. The molecule has 5 atom stereocenters. The Morgan fingerprint density at radius 1 is 1.21 bits per heavy atom. The molecule has 0 aliphatic carbocycles. The second-order valence-corrected chi connectivity index (χ2v) is 3.71. The Kier molecular flexibility index (Phi) is 3.63. The van der Waals surface area contributed by atoms with Crippen molar-refractivity contribution in [2.45, 2.75) is 44.6 Å². The van der Waals surface area contributed by atoms with Crippen molar-refractivity contribution in [1.29, 1.82) is 0 Å². The highest BCUT2D eigenvalue weighted by atomic mass is 16.6. The third-order valence-electron chi connectivity index (χ3n) is 2.12. The van der Waals surface area contributed by atoms with Gasteiger partial charge in [0.2, 0.25) is 0 Å². The van der Waals surface area contributed by atoms with Crippen LogP contribution in [-0.2, 0) is 4.74 Å². The number of hydrogen-bond acceptors (Lipinski definition) is 5. The first kappa shape index (κ1) is 11.6. The molecule has 0 bridgehead atoms. The fraction of sp³-hybridized carbons (Fsp3) is 0.778. The van der Waals surface area contributed by atoms with Crippen molar-refractivity contribution in [3.8, 4) is 0 Å². The molecule has 1 rings (SSSR count). The maximum atomic E-state index is 9.54. The third kappa shape index (κ3) is 2.31. The molecular weight excluding hydrogens is 188 g/mol. The molecule has 0 aromatic heterocycles. The van der Waals surface area contributed by atoms with Crippen LogP contribution in [0.3, 0.4) is 0 Å². The van der Waals surface area contributed by atoms with Crippen LogP contribution in [0, 0.1) is 0 Å². The van der Waals surface area contributed by atoms with Crippen LogP contribution in [0.5, 0.6) is 0 Å². The molecule has 1 fully saturated rings. The summed E-state index contributed by atoms with van der Waals surface area (Å²) in [6, 6.07) is 0. The summed E-state index contributed by atoms with van der Waals surface area (Å²) >= 11 is 0. The van der Waals surface area contributed by atoms with E-state index in [4.69, 9.17) is 14.9 Å². The summed E-state index contributed by atoms with van der Waals surface area (Å²) in [5.41, 5.74) is 0.865. The van der Waals surface area contributed by atoms with E-state index in [1.807, 2.05) is 0 Å². The molecule has 1 aliphatic heterocycles. The molecule has 14 heavy (non-hydrogen) atoms. The Bertz CT molecular complexity index is 223. The van der Waals surface area contributed by atoms with Gasteiger partial charge in [0, 0.05) is 0 Å². The number of allylic oxidation sites excluding steroid dienone is 1. The van der Waals surface area contributed by atoms with E-state index >= 15 is 0 Å². The maximum Gasteiger partial charge on any atom is 0.184 e. The molecular formula is C9H16O5. The van der Waals surface area contributed by atoms with E-state index in [2.05, 4.69) is 0 Å². The monoisotopic (exact) mass is 204 g/mol. The molecule has 0 aromatic carbocycles. The number of hydrogen-bond donors (Lipinski definition) is 4. The summed E-state index contributed by atoms with van der Waals surface area (Å²) in [6.07, 6.45) is -4.57. The van der Waals surface area contributed by atoms with Crippen LogP contribution in [-0.4, -0.2) is 51.1 Å². The standard InChI is InChI=1S/C9H16O5/c1-4(2)3-5(10)8-6(11)7(12)9(13)14-8/h3,5-13H,1-2H3/t5?,6-,7-,8-,9+/m1/s1. The lowest BCUT2D eigenvalue weighted by Crippen LogP contribution is -2.38. The van der Waals surface area contributed by atoms with Gasteiger partial charge in [0.15, 0.2) is 6.29 Å². The molecule has 0 saturated carbocycles. The van der Waals surface area contributed by atoms with Gasteiger partial charge in [0.05, 0.1) is 0 Å². The van der Waals surface area contributed by atoms with E-state index in [0.29, 0.717) is 0 Å². The normalized spacial score (nSPS) is 39.6. The smallest absolute Gasteiger partial charge is 0.184 e. The highest BCUT2D eigenvalue weighted by molar-refractivity contribution is 5.04. The van der Waals surface area contributed by atoms with E-state index in [1.54, 1.807) is 13.8 Å². The number of rotatable bonds is 2. The molecule has 0 spiro atoms. The summed E-state index contributed by atoms with van der Waals surface area (Å²) in [4.78, 5) is 0. The number of aliphatic hydroxyl groups excluding tert-OH is 4. The number of aliphatic hydroxyl groups is 4. The van der Waals surface area contributed by atoms with Gasteiger partial charge in [-0.2, -0.15) is 0 Å². The molecule has 82 valence electrons. The molecule has 1 saturated heterocycles. The Hall–Kier alpha value is -0.460. The van der Waals surface area contributed by atoms with Gasteiger partial charge in [-0.3, -0.25) is 0 Å². The van der Waals surface area contributed by atoms with Gasteiger partial charge in [-0.15, -0.1) is 0 Å². The lowest BCUT2D eigenvalue weighted by Gasteiger charge is -2.18. The molecule has 1 heterocycles. The van der Waals surface area contributed by atoms with Crippen molar-refractivity contribution in [3.63, 3.8) is 0 Å². The summed E-state index contributed by atoms with van der Waals surface area (Å²) in [6.45, 7) is 3.58. The first-order chi connectivity index (χ1) is 6.43. The van der Waals surface area contributed by atoms with Crippen molar-refractivity contribution in [2.24, 2.45) is 0 Å². The maximum absolute atomic E-state index is 9.54. The average molecular weight is 204 g/mol. The van der Waals surface area contributed by atoms with Gasteiger partial charge in [-0.05, 0) is 13.8 Å². The molecule has 4 N–H and O–H groups in total. The summed E-state index contributed by atoms with van der Waals surface area (Å²) in [5.74, 6) is 0. The minimum atomic E-state index is -1.43. The molecule has 1 aliphatic rings. The van der Waals surface area contributed by atoms with Gasteiger partial charge < -0.3 is 25.2 Å². The van der Waals surface area contributed by atoms with E-state index in [0.717, 1.165) is 5.57 Å². The fourth-order valence-electron chi connectivity index (χ4n) is 1.40. The Morgan fingerprint density at radius 3 is 2.14 bits per heavy atom. The van der Waals surface area contributed by atoms with Crippen molar-refractivity contribution in [1.82, 2.24) is 0 Å². The van der Waals surface area contributed by atoms with Crippen molar-refractivity contribution in [2.75, 3.05) is 0 Å². The third-order valence-corrected chi connectivity index (χ3v) is 2.12. The Balaban J connectivity index is 2.66. The van der Waals surface area contributed by atoms with E-state index in [1.165, 1.54) is 6.08 Å². The molecule has 0 amide bonds. The van der Waals surface area contributed by atoms with Gasteiger partial charge in [0.1, 0.15) is 24.4 Å². The second kappa shape index (κ2) is 4.37. The first-order valence-electron chi connectivity index (χ1n) is 4.46. The van der Waals surface area contributed by atoms with Gasteiger partial charge in [0.25, 0.3) is 0 Å². The minimum absolute atomic E-state index is 0.865. The van der Waals surface area contributed by atoms with Crippen molar-refractivity contribution in [3.05, 3.63) is 11.6 Å². The van der Waals surface area contributed by atoms with Crippen LogP contribution in [0.1, 0.15) is 13.8 Å². The predicted molar refractivity (Wildman–Crippen MR) is 48.3 cm³/mol. The zero-order valence-corrected chi connectivity index (χ0v) is 8.16. The van der Waals surface area contributed by atoms with Crippen LogP contribution in [0.25, 0.3) is 0 Å². The van der Waals surface area contributed by atoms with Crippen LogP contribution in [0.2, 0.25) is 0 Å². The van der Waals surface area contributed by atoms with Crippen molar-refractivity contribution < 1.29 is 25.2 Å². The van der Waals surface area contributed by atoms with Crippen LogP contribution >= 0.6 is 0 Å². The first-order valence-corrected chi connectivity index (χ1v) is 4.46. The average Bonchev–Trinajstić information content (AvgIpc) is 2.32.